The molecule has 2 unspecified atom stereocenters. The van der Waals surface area contributed by atoms with Crippen molar-refractivity contribution >= 4 is 28.2 Å². The molecule has 0 spiro atoms. The molecule has 3 saturated heterocycles. The third kappa shape index (κ3) is 3.15. The van der Waals surface area contributed by atoms with E-state index in [0.717, 1.165) is 48.2 Å². The lowest BCUT2D eigenvalue weighted by Gasteiger charge is -2.44. The van der Waals surface area contributed by atoms with Crippen LogP contribution < -0.4 is 16.4 Å². The molecular formula is C24H26N4O3. The van der Waals surface area contributed by atoms with Crippen molar-refractivity contribution in [3.05, 3.63) is 54.4 Å². The maximum absolute atomic E-state index is 11.8. The molecule has 1 aromatic carbocycles. The maximum atomic E-state index is 11.8. The number of hydrogen-bond donors (Lipinski definition) is 3. The summed E-state index contributed by atoms with van der Waals surface area (Å²) >= 11 is 0. The van der Waals surface area contributed by atoms with Gasteiger partial charge in [-0.1, -0.05) is 6.08 Å². The van der Waals surface area contributed by atoms with Crippen molar-refractivity contribution in [1.82, 2.24) is 10.3 Å². The number of fused-ring (bicyclic) bond motifs is 3. The monoisotopic (exact) mass is 418 g/mol. The van der Waals surface area contributed by atoms with Crippen molar-refractivity contribution in [2.45, 2.75) is 18.4 Å². The van der Waals surface area contributed by atoms with Crippen molar-refractivity contribution in [3.63, 3.8) is 0 Å². The summed E-state index contributed by atoms with van der Waals surface area (Å²) in [5.74, 6) is 1.72. The molecule has 7 rings (SSSR count). The number of ether oxygens (including phenoxy) is 2. The number of carbonyl (C=O) groups excluding carboxylic acids is 1. The van der Waals surface area contributed by atoms with Gasteiger partial charge in [0.25, 0.3) is 0 Å². The number of benzene rings is 1. The Morgan fingerprint density at radius 3 is 3.13 bits per heavy atom. The van der Waals surface area contributed by atoms with E-state index in [2.05, 4.69) is 27.8 Å². The molecule has 2 bridgehead atoms. The topological polar surface area (TPSA) is 98.5 Å². The normalized spacial score (nSPS) is 32.9. The summed E-state index contributed by atoms with van der Waals surface area (Å²) in [5.41, 5.74) is 6.99. The zero-order chi connectivity index (χ0) is 21.1. The number of nitrogens with zero attached hydrogens (tertiary/aromatic N) is 1. The van der Waals surface area contributed by atoms with Crippen LogP contribution in [0.1, 0.15) is 12.8 Å². The van der Waals surface area contributed by atoms with Crippen molar-refractivity contribution in [2.24, 2.45) is 17.3 Å². The van der Waals surface area contributed by atoms with E-state index in [1.54, 1.807) is 6.20 Å². The molecule has 5 aliphatic rings. The Bertz CT molecular complexity index is 1120. The molecular weight excluding hydrogens is 392 g/mol. The van der Waals surface area contributed by atoms with Gasteiger partial charge in [0, 0.05) is 41.7 Å². The molecule has 4 N–H and O–H groups in total. The average Bonchev–Trinajstić information content (AvgIpc) is 3.43. The number of pyridine rings is 1. The lowest BCUT2D eigenvalue weighted by atomic mass is 9.63. The Labute approximate surface area is 180 Å². The number of nitrogens with two attached hydrogens (primary N) is 1. The number of anilines is 2. The van der Waals surface area contributed by atoms with Crippen molar-refractivity contribution in [1.29, 1.82) is 0 Å². The summed E-state index contributed by atoms with van der Waals surface area (Å²) in [6.45, 7) is 2.87. The van der Waals surface area contributed by atoms with Crippen LogP contribution in [0, 0.1) is 17.3 Å². The first kappa shape index (κ1) is 18.7. The highest BCUT2D eigenvalue weighted by Crippen LogP contribution is 2.58. The SMILES string of the molecule is Nc1nccc2cc(NCC34CC(COC5=CC6CNC(=O)C6C=C5)(CO3)C4)ccc12. The molecule has 2 aliphatic carbocycles. The fourth-order valence-corrected chi connectivity index (χ4v) is 5.57. The molecule has 4 heterocycles. The predicted molar refractivity (Wildman–Crippen MR) is 118 cm³/mol. The van der Waals surface area contributed by atoms with Gasteiger partial charge in [-0.05, 0) is 54.6 Å². The third-order valence-corrected chi connectivity index (χ3v) is 7.16. The molecule has 2 aromatic rings. The van der Waals surface area contributed by atoms with Crippen LogP contribution >= 0.6 is 0 Å². The Morgan fingerprint density at radius 2 is 2.23 bits per heavy atom. The molecule has 1 amide bonds. The summed E-state index contributed by atoms with van der Waals surface area (Å²) in [7, 11) is 0. The van der Waals surface area contributed by atoms with E-state index >= 15 is 0 Å². The van der Waals surface area contributed by atoms with E-state index in [9.17, 15) is 4.79 Å². The summed E-state index contributed by atoms with van der Waals surface area (Å²) in [6.07, 6.45) is 9.73. The van der Waals surface area contributed by atoms with Crippen molar-refractivity contribution in [2.75, 3.05) is 37.4 Å². The summed E-state index contributed by atoms with van der Waals surface area (Å²) < 4.78 is 12.3. The van der Waals surface area contributed by atoms with E-state index < -0.39 is 0 Å². The smallest absolute Gasteiger partial charge is 0.227 e. The van der Waals surface area contributed by atoms with Gasteiger partial charge in [0.2, 0.25) is 5.91 Å². The fourth-order valence-electron chi connectivity index (χ4n) is 5.57. The number of nitrogen functional groups attached to an aromatic ring is 1. The second-order valence-electron chi connectivity index (χ2n) is 9.46. The highest BCUT2D eigenvalue weighted by Gasteiger charge is 2.62. The average molecular weight is 418 g/mol. The van der Waals surface area contributed by atoms with Crippen molar-refractivity contribution in [3.8, 4) is 0 Å². The first-order chi connectivity index (χ1) is 15.0. The summed E-state index contributed by atoms with van der Waals surface area (Å²) in [5, 5.41) is 8.50. The van der Waals surface area contributed by atoms with Crippen LogP contribution in [0.5, 0.6) is 0 Å². The van der Waals surface area contributed by atoms with Crippen molar-refractivity contribution < 1.29 is 14.3 Å². The minimum atomic E-state index is -0.112. The molecule has 1 saturated carbocycles. The minimum absolute atomic E-state index is 0.0365. The van der Waals surface area contributed by atoms with E-state index in [1.807, 2.05) is 30.4 Å². The Morgan fingerprint density at radius 1 is 1.32 bits per heavy atom. The van der Waals surface area contributed by atoms with E-state index in [0.29, 0.717) is 19.0 Å². The molecule has 0 radical (unpaired) electrons. The van der Waals surface area contributed by atoms with E-state index in [-0.39, 0.29) is 28.8 Å². The number of aromatic nitrogens is 1. The maximum Gasteiger partial charge on any atom is 0.227 e. The number of allylic oxidation sites excluding steroid dienone is 1. The minimum Gasteiger partial charge on any atom is -0.493 e. The Kier molecular flexibility index (Phi) is 4.05. The molecule has 160 valence electrons. The quantitative estimate of drug-likeness (QED) is 0.667. The number of rotatable bonds is 6. The van der Waals surface area contributed by atoms with Gasteiger partial charge in [0.1, 0.15) is 11.6 Å². The lowest BCUT2D eigenvalue weighted by Crippen LogP contribution is -2.50. The number of amides is 1. The number of nitrogens with one attached hydrogen (secondary N) is 2. The van der Waals surface area contributed by atoms with Gasteiger partial charge in [-0.3, -0.25) is 4.79 Å². The van der Waals surface area contributed by atoms with E-state index in [4.69, 9.17) is 15.2 Å². The van der Waals surface area contributed by atoms with Gasteiger partial charge in [0.05, 0.1) is 24.7 Å². The molecule has 1 aromatic heterocycles. The first-order valence-corrected chi connectivity index (χ1v) is 10.9. The lowest BCUT2D eigenvalue weighted by molar-refractivity contribution is -0.121. The van der Waals surface area contributed by atoms with Crippen LogP contribution in [0.25, 0.3) is 10.8 Å². The zero-order valence-corrected chi connectivity index (χ0v) is 17.3. The zero-order valence-electron chi connectivity index (χ0n) is 17.3. The second kappa shape index (κ2) is 6.72. The van der Waals surface area contributed by atoms with Gasteiger partial charge in [-0.25, -0.2) is 4.98 Å². The van der Waals surface area contributed by atoms with Crippen LogP contribution in [0.4, 0.5) is 11.5 Å². The standard InChI is InChI=1S/C24H26N4O3/c25-21-19-3-1-17(7-15(19)5-6-26-21)28-12-24-10-23(11-24,14-31-24)13-30-18-2-4-20-16(8-18)9-27-22(20)29/h1-8,16,20,28H,9-14H2,(H2,25,26)(H,27,29). The Hall–Kier alpha value is -3.06. The van der Waals surface area contributed by atoms with Gasteiger partial charge < -0.3 is 25.8 Å². The number of hydrogen-bond acceptors (Lipinski definition) is 6. The fraction of sp³-hybridized carbons (Fsp3) is 0.417. The number of carbonyl (C=O) groups is 1. The van der Waals surface area contributed by atoms with Gasteiger partial charge in [-0.2, -0.15) is 0 Å². The Balaban J connectivity index is 1.04. The molecule has 3 aliphatic heterocycles. The van der Waals surface area contributed by atoms with Gasteiger partial charge in [0.15, 0.2) is 0 Å². The van der Waals surface area contributed by atoms with Crippen LogP contribution in [0.3, 0.4) is 0 Å². The molecule has 7 heteroatoms. The van der Waals surface area contributed by atoms with E-state index in [1.165, 1.54) is 0 Å². The van der Waals surface area contributed by atoms with Crippen LogP contribution in [-0.2, 0) is 14.3 Å². The molecule has 31 heavy (non-hydrogen) atoms. The molecule has 4 fully saturated rings. The largest absolute Gasteiger partial charge is 0.493 e. The third-order valence-electron chi connectivity index (χ3n) is 7.16. The highest BCUT2D eigenvalue weighted by atomic mass is 16.5. The van der Waals surface area contributed by atoms with Crippen LogP contribution in [-0.4, -0.2) is 42.8 Å². The predicted octanol–water partition coefficient (Wildman–Crippen LogP) is 2.61. The highest BCUT2D eigenvalue weighted by molar-refractivity contribution is 5.92. The van der Waals surface area contributed by atoms with Gasteiger partial charge >= 0.3 is 0 Å². The summed E-state index contributed by atoms with van der Waals surface area (Å²) in [6, 6.07) is 8.13. The van der Waals surface area contributed by atoms with Gasteiger partial charge in [-0.15, -0.1) is 0 Å². The second-order valence-corrected chi connectivity index (χ2v) is 9.46. The molecule has 2 atom stereocenters. The molecule has 7 nitrogen and oxygen atoms in total. The van der Waals surface area contributed by atoms with Crippen LogP contribution in [0.15, 0.2) is 54.4 Å². The summed E-state index contributed by atoms with van der Waals surface area (Å²) in [4.78, 5) is 15.9. The van der Waals surface area contributed by atoms with Crippen LogP contribution in [0.2, 0.25) is 0 Å². The first-order valence-electron chi connectivity index (χ1n) is 10.9.